The maximum Gasteiger partial charge on any atom is 0.338 e. The number of ketones is 1. The number of hydrogen-bond acceptors (Lipinski definition) is 6. The Bertz CT molecular complexity index is 923. The molecule has 8 heteroatoms. The number of rotatable bonds is 5. The Morgan fingerprint density at radius 1 is 1.20 bits per heavy atom. The van der Waals surface area contributed by atoms with Crippen LogP contribution in [-0.4, -0.2) is 27.9 Å². The molecule has 25 heavy (non-hydrogen) atoms. The predicted molar refractivity (Wildman–Crippen MR) is 91.9 cm³/mol. The van der Waals surface area contributed by atoms with E-state index in [4.69, 9.17) is 10.5 Å². The fourth-order valence-electron chi connectivity index (χ4n) is 2.20. The number of nitrogens with one attached hydrogen (secondary N) is 1. The number of nitrogen functional groups attached to an aromatic ring is 1. The molecule has 3 N–H and O–H groups in total. The lowest BCUT2D eigenvalue weighted by Gasteiger charge is -2.09. The van der Waals surface area contributed by atoms with Gasteiger partial charge in [-0.15, -0.1) is 0 Å². The van der Waals surface area contributed by atoms with E-state index in [0.717, 1.165) is 10.1 Å². The third-order valence-corrected chi connectivity index (χ3v) is 3.80. The normalized spacial score (nSPS) is 10.7. The van der Waals surface area contributed by atoms with E-state index in [-0.39, 0.29) is 5.82 Å². The zero-order chi connectivity index (χ0) is 18.7. The maximum absolute atomic E-state index is 12.1. The number of Topliss-reactive ketones (excluding diaryl/α,β-unsaturated/α-hetero) is 1. The summed E-state index contributed by atoms with van der Waals surface area (Å²) in [5.41, 5.74) is 4.93. The zero-order valence-corrected chi connectivity index (χ0v) is 14.2. The summed E-state index contributed by atoms with van der Waals surface area (Å²) in [6.45, 7) is 3.40. The Hall–Kier alpha value is -3.16. The SMILES string of the molecule is CC(C)c1ccc(C(=O)OCC(=O)c2c(N)n(C)c(=O)[nH]c2=O)cc1. The van der Waals surface area contributed by atoms with Gasteiger partial charge in [0, 0.05) is 7.05 Å². The van der Waals surface area contributed by atoms with Crippen LogP contribution in [0.15, 0.2) is 33.9 Å². The van der Waals surface area contributed by atoms with E-state index in [0.29, 0.717) is 11.5 Å². The van der Waals surface area contributed by atoms with Crippen molar-refractivity contribution in [2.75, 3.05) is 12.3 Å². The first-order valence-electron chi connectivity index (χ1n) is 7.61. The molecule has 0 radical (unpaired) electrons. The average molecular weight is 345 g/mol. The fraction of sp³-hybridized carbons (Fsp3) is 0.294. The van der Waals surface area contributed by atoms with E-state index >= 15 is 0 Å². The second-order valence-corrected chi connectivity index (χ2v) is 5.85. The third kappa shape index (κ3) is 3.85. The molecule has 1 aromatic heterocycles. The standard InChI is InChI=1S/C17H19N3O5/c1-9(2)10-4-6-11(7-5-10)16(23)25-8-12(21)13-14(18)20(3)17(24)19-15(13)22/h4-7,9H,8,18H2,1-3H3,(H,19,22,24). The molecule has 132 valence electrons. The number of nitrogens with two attached hydrogens (primary N) is 1. The summed E-state index contributed by atoms with van der Waals surface area (Å²) in [6.07, 6.45) is 0. The number of ether oxygens (including phenoxy) is 1. The van der Waals surface area contributed by atoms with Crippen LogP contribution in [0.3, 0.4) is 0 Å². The molecular weight excluding hydrogens is 326 g/mol. The van der Waals surface area contributed by atoms with Gasteiger partial charge in [-0.2, -0.15) is 0 Å². The average Bonchev–Trinajstić information content (AvgIpc) is 2.57. The minimum atomic E-state index is -0.914. The molecule has 0 amide bonds. The van der Waals surface area contributed by atoms with E-state index in [1.807, 2.05) is 18.8 Å². The monoisotopic (exact) mass is 345 g/mol. The molecule has 0 unspecified atom stereocenters. The van der Waals surface area contributed by atoms with Crippen LogP contribution >= 0.6 is 0 Å². The smallest absolute Gasteiger partial charge is 0.338 e. The molecule has 0 aliphatic carbocycles. The quantitative estimate of drug-likeness (QED) is 0.610. The first kappa shape index (κ1) is 18.2. The van der Waals surface area contributed by atoms with Crippen LogP contribution in [0.2, 0.25) is 0 Å². The molecule has 0 atom stereocenters. The molecular formula is C17H19N3O5. The van der Waals surface area contributed by atoms with Crippen molar-refractivity contribution in [1.29, 1.82) is 0 Å². The molecule has 8 nitrogen and oxygen atoms in total. The number of hydrogen-bond donors (Lipinski definition) is 2. The lowest BCUT2D eigenvalue weighted by atomic mass is 10.0. The summed E-state index contributed by atoms with van der Waals surface area (Å²) < 4.78 is 5.87. The van der Waals surface area contributed by atoms with E-state index in [1.54, 1.807) is 24.3 Å². The van der Waals surface area contributed by atoms with Crippen molar-refractivity contribution in [1.82, 2.24) is 9.55 Å². The Labute approximate surface area is 143 Å². The minimum absolute atomic E-state index is 0.281. The van der Waals surface area contributed by atoms with E-state index in [9.17, 15) is 19.2 Å². The summed E-state index contributed by atoms with van der Waals surface area (Å²) >= 11 is 0. The number of carbonyl (C=O) groups is 2. The lowest BCUT2D eigenvalue weighted by molar-refractivity contribution is 0.0474. The number of esters is 1. The molecule has 2 aromatic rings. The van der Waals surface area contributed by atoms with Crippen molar-refractivity contribution in [3.8, 4) is 0 Å². The van der Waals surface area contributed by atoms with Gasteiger partial charge >= 0.3 is 11.7 Å². The predicted octanol–water partition coefficient (Wildman–Crippen LogP) is 0.819. The fourth-order valence-corrected chi connectivity index (χ4v) is 2.20. The molecule has 0 saturated carbocycles. The lowest BCUT2D eigenvalue weighted by Crippen LogP contribution is -2.35. The first-order valence-corrected chi connectivity index (χ1v) is 7.61. The zero-order valence-electron chi connectivity index (χ0n) is 14.2. The van der Waals surface area contributed by atoms with Gasteiger partial charge in [0.25, 0.3) is 5.56 Å². The second kappa shape index (κ2) is 7.16. The van der Waals surface area contributed by atoms with E-state index in [2.05, 4.69) is 0 Å². The number of anilines is 1. The van der Waals surface area contributed by atoms with Crippen LogP contribution < -0.4 is 17.0 Å². The number of aromatic amines is 1. The molecule has 0 saturated heterocycles. The van der Waals surface area contributed by atoms with Gasteiger partial charge in [-0.3, -0.25) is 19.1 Å². The van der Waals surface area contributed by atoms with Crippen molar-refractivity contribution >= 4 is 17.6 Å². The molecule has 2 rings (SSSR count). The highest BCUT2D eigenvalue weighted by molar-refractivity contribution is 6.02. The molecule has 1 aromatic carbocycles. The van der Waals surface area contributed by atoms with Gasteiger partial charge in [0.1, 0.15) is 11.4 Å². The van der Waals surface area contributed by atoms with E-state index < -0.39 is 35.2 Å². The van der Waals surface area contributed by atoms with Gasteiger partial charge in [-0.1, -0.05) is 26.0 Å². The summed E-state index contributed by atoms with van der Waals surface area (Å²) in [4.78, 5) is 49.3. The van der Waals surface area contributed by atoms with Crippen LogP contribution in [0, 0.1) is 0 Å². The summed E-state index contributed by atoms with van der Waals surface area (Å²) in [5.74, 6) is -1.44. The Morgan fingerprint density at radius 3 is 2.36 bits per heavy atom. The molecule has 1 heterocycles. The van der Waals surface area contributed by atoms with Crippen LogP contribution in [0.1, 0.15) is 46.0 Å². The highest BCUT2D eigenvalue weighted by Crippen LogP contribution is 2.15. The second-order valence-electron chi connectivity index (χ2n) is 5.85. The summed E-state index contributed by atoms with van der Waals surface area (Å²) in [5, 5.41) is 0. The summed E-state index contributed by atoms with van der Waals surface area (Å²) in [6, 6.07) is 6.82. The van der Waals surface area contributed by atoms with Crippen LogP contribution in [0.25, 0.3) is 0 Å². The van der Waals surface area contributed by atoms with Gasteiger partial charge in [-0.25, -0.2) is 9.59 Å². The van der Waals surface area contributed by atoms with Crippen molar-refractivity contribution in [2.45, 2.75) is 19.8 Å². The topological polar surface area (TPSA) is 124 Å². The minimum Gasteiger partial charge on any atom is -0.454 e. The highest BCUT2D eigenvalue weighted by Gasteiger charge is 2.20. The van der Waals surface area contributed by atoms with Crippen molar-refractivity contribution < 1.29 is 14.3 Å². The number of aromatic nitrogens is 2. The van der Waals surface area contributed by atoms with Crippen LogP contribution in [0.4, 0.5) is 5.82 Å². The number of benzene rings is 1. The van der Waals surface area contributed by atoms with Gasteiger partial charge in [-0.05, 0) is 23.6 Å². The van der Waals surface area contributed by atoms with E-state index in [1.165, 1.54) is 7.05 Å². The number of carbonyl (C=O) groups excluding carboxylic acids is 2. The van der Waals surface area contributed by atoms with Crippen molar-refractivity contribution in [3.63, 3.8) is 0 Å². The Kier molecular flexibility index (Phi) is 5.21. The van der Waals surface area contributed by atoms with Gasteiger partial charge in [0.2, 0.25) is 5.78 Å². The molecule has 0 spiro atoms. The Morgan fingerprint density at radius 2 is 1.80 bits per heavy atom. The number of H-pyrrole nitrogens is 1. The highest BCUT2D eigenvalue weighted by atomic mass is 16.5. The maximum atomic E-state index is 12.1. The molecule has 0 fully saturated rings. The number of nitrogens with zero attached hydrogens (tertiary/aromatic N) is 1. The molecule has 0 aliphatic heterocycles. The van der Waals surface area contributed by atoms with Gasteiger partial charge < -0.3 is 10.5 Å². The Balaban J connectivity index is 2.12. The molecule has 0 bridgehead atoms. The van der Waals surface area contributed by atoms with Crippen molar-refractivity contribution in [2.24, 2.45) is 7.05 Å². The summed E-state index contributed by atoms with van der Waals surface area (Å²) in [7, 11) is 1.31. The van der Waals surface area contributed by atoms with Crippen LogP contribution in [-0.2, 0) is 11.8 Å². The first-order chi connectivity index (χ1) is 11.7. The van der Waals surface area contributed by atoms with Gasteiger partial charge in [0.05, 0.1) is 5.56 Å². The van der Waals surface area contributed by atoms with Gasteiger partial charge in [0.15, 0.2) is 6.61 Å². The molecule has 0 aliphatic rings. The third-order valence-electron chi connectivity index (χ3n) is 3.80. The van der Waals surface area contributed by atoms with Crippen LogP contribution in [0.5, 0.6) is 0 Å². The van der Waals surface area contributed by atoms with Crippen molar-refractivity contribution in [3.05, 3.63) is 61.8 Å². The largest absolute Gasteiger partial charge is 0.454 e.